The van der Waals surface area contributed by atoms with Crippen molar-refractivity contribution in [2.45, 2.75) is 11.8 Å². The second kappa shape index (κ2) is 5.03. The van der Waals surface area contributed by atoms with Gasteiger partial charge in [-0.3, -0.25) is 9.82 Å². The summed E-state index contributed by atoms with van der Waals surface area (Å²) >= 11 is 8.99. The number of nitrogen functional groups attached to an aromatic ring is 1. The van der Waals surface area contributed by atoms with Gasteiger partial charge in [-0.25, -0.2) is 8.42 Å². The van der Waals surface area contributed by atoms with Gasteiger partial charge in [0.25, 0.3) is 10.0 Å². The molecule has 0 saturated heterocycles. The zero-order valence-corrected chi connectivity index (χ0v) is 12.9. The van der Waals surface area contributed by atoms with Crippen LogP contribution < -0.4 is 10.5 Å². The maximum absolute atomic E-state index is 12.1. The van der Waals surface area contributed by atoms with Gasteiger partial charge in [0.1, 0.15) is 0 Å². The summed E-state index contributed by atoms with van der Waals surface area (Å²) < 4.78 is 27.1. The van der Waals surface area contributed by atoms with Crippen molar-refractivity contribution in [1.82, 2.24) is 10.2 Å². The van der Waals surface area contributed by atoms with Crippen LogP contribution in [0.25, 0.3) is 0 Å². The summed E-state index contributed by atoms with van der Waals surface area (Å²) in [5, 5.41) is 6.81. The highest BCUT2D eigenvalue weighted by Crippen LogP contribution is 2.27. The fraction of sp³-hybridized carbons (Fsp3) is 0.100. The number of H-pyrrole nitrogens is 1. The number of aromatic nitrogens is 2. The van der Waals surface area contributed by atoms with Gasteiger partial charge in [-0.05, 0) is 41.1 Å². The lowest BCUT2D eigenvalue weighted by atomic mass is 10.4. The molecule has 1 aromatic carbocycles. The van der Waals surface area contributed by atoms with E-state index >= 15 is 0 Å². The van der Waals surface area contributed by atoms with E-state index in [1.165, 1.54) is 18.2 Å². The zero-order chi connectivity index (χ0) is 14.2. The molecule has 4 N–H and O–H groups in total. The molecule has 2 rings (SSSR count). The lowest BCUT2D eigenvalue weighted by molar-refractivity contribution is 0.601. The van der Waals surface area contributed by atoms with Gasteiger partial charge >= 0.3 is 0 Å². The molecule has 1 heterocycles. The fourth-order valence-corrected chi connectivity index (χ4v) is 3.04. The van der Waals surface area contributed by atoms with Crippen LogP contribution in [0.4, 0.5) is 11.5 Å². The number of aromatic amines is 1. The fourth-order valence-electron chi connectivity index (χ4n) is 1.35. The number of halogens is 2. The van der Waals surface area contributed by atoms with E-state index in [4.69, 9.17) is 17.3 Å². The Morgan fingerprint density at radius 3 is 2.68 bits per heavy atom. The highest BCUT2D eigenvalue weighted by atomic mass is 79.9. The molecule has 0 radical (unpaired) electrons. The van der Waals surface area contributed by atoms with Gasteiger partial charge in [-0.2, -0.15) is 5.10 Å². The first-order valence-corrected chi connectivity index (χ1v) is 7.75. The number of benzene rings is 1. The smallest absolute Gasteiger partial charge is 0.263 e. The van der Waals surface area contributed by atoms with Crippen LogP contribution in [0.15, 0.2) is 27.6 Å². The highest BCUT2D eigenvalue weighted by molar-refractivity contribution is 9.10. The average molecular weight is 366 g/mol. The molecule has 9 heteroatoms. The summed E-state index contributed by atoms with van der Waals surface area (Å²) in [6, 6.07) is 4.28. The number of nitrogens with zero attached hydrogens (tertiary/aromatic N) is 1. The van der Waals surface area contributed by atoms with Gasteiger partial charge in [-0.1, -0.05) is 11.6 Å². The molecular weight excluding hydrogens is 356 g/mol. The van der Waals surface area contributed by atoms with Crippen LogP contribution in [0.2, 0.25) is 5.02 Å². The first-order chi connectivity index (χ1) is 8.81. The Morgan fingerprint density at radius 1 is 1.47 bits per heavy atom. The van der Waals surface area contributed by atoms with E-state index in [1.807, 2.05) is 0 Å². The molecule has 0 aliphatic rings. The third-order valence-electron chi connectivity index (χ3n) is 2.43. The molecule has 0 aliphatic heterocycles. The highest BCUT2D eigenvalue weighted by Gasteiger charge is 2.18. The van der Waals surface area contributed by atoms with Crippen molar-refractivity contribution in [3.8, 4) is 0 Å². The van der Waals surface area contributed by atoms with Crippen LogP contribution in [0, 0.1) is 6.92 Å². The number of rotatable bonds is 3. The van der Waals surface area contributed by atoms with Crippen molar-refractivity contribution in [2.75, 3.05) is 10.5 Å². The van der Waals surface area contributed by atoms with Gasteiger partial charge in [0, 0.05) is 4.47 Å². The molecule has 0 saturated carbocycles. The van der Waals surface area contributed by atoms with Crippen molar-refractivity contribution in [3.05, 3.63) is 33.4 Å². The quantitative estimate of drug-likeness (QED) is 0.778. The molecule has 0 unspecified atom stereocenters. The third kappa shape index (κ3) is 2.85. The first kappa shape index (κ1) is 14.2. The SMILES string of the molecule is Cc1[nH]nc(NS(=O)(=O)c2ccc(Cl)c(Br)c2)c1N. The van der Waals surface area contributed by atoms with Crippen LogP contribution in [0.3, 0.4) is 0 Å². The Kier molecular flexibility index (Phi) is 3.75. The molecule has 0 bridgehead atoms. The average Bonchev–Trinajstić information content (AvgIpc) is 2.64. The van der Waals surface area contributed by atoms with E-state index in [-0.39, 0.29) is 16.4 Å². The van der Waals surface area contributed by atoms with Crippen molar-refractivity contribution in [2.24, 2.45) is 0 Å². The molecular formula is C10H10BrClN4O2S. The van der Waals surface area contributed by atoms with E-state index in [9.17, 15) is 8.42 Å². The van der Waals surface area contributed by atoms with Gasteiger partial charge in [-0.15, -0.1) is 0 Å². The van der Waals surface area contributed by atoms with Crippen molar-refractivity contribution in [3.63, 3.8) is 0 Å². The number of nitrogens with one attached hydrogen (secondary N) is 2. The Balaban J connectivity index is 2.37. The van der Waals surface area contributed by atoms with Crippen LogP contribution in [-0.4, -0.2) is 18.6 Å². The van der Waals surface area contributed by atoms with Crippen molar-refractivity contribution < 1.29 is 8.42 Å². The van der Waals surface area contributed by atoms with Crippen LogP contribution in [0.5, 0.6) is 0 Å². The van der Waals surface area contributed by atoms with Crippen molar-refractivity contribution >= 4 is 49.1 Å². The maximum atomic E-state index is 12.1. The summed E-state index contributed by atoms with van der Waals surface area (Å²) in [6.07, 6.45) is 0. The van der Waals surface area contributed by atoms with E-state index in [2.05, 4.69) is 30.8 Å². The maximum Gasteiger partial charge on any atom is 0.263 e. The van der Waals surface area contributed by atoms with Crippen LogP contribution in [0.1, 0.15) is 5.69 Å². The topological polar surface area (TPSA) is 101 Å². The van der Waals surface area contributed by atoms with Gasteiger partial charge in [0.2, 0.25) is 0 Å². The second-order valence-corrected chi connectivity index (χ2v) is 6.74. The Labute approximate surface area is 123 Å². The summed E-state index contributed by atoms with van der Waals surface area (Å²) in [4.78, 5) is 0.0591. The molecule has 0 fully saturated rings. The lowest BCUT2D eigenvalue weighted by Gasteiger charge is -2.07. The van der Waals surface area contributed by atoms with E-state index in [0.29, 0.717) is 15.2 Å². The summed E-state index contributed by atoms with van der Waals surface area (Å²) in [7, 11) is -3.76. The standard InChI is InChI=1S/C10H10BrClN4O2S/c1-5-9(13)10(15-14-5)16-19(17,18)6-2-3-8(12)7(11)4-6/h2-4H,13H2,1H3,(H2,14,15,16). The second-order valence-electron chi connectivity index (χ2n) is 3.79. The number of anilines is 2. The van der Waals surface area contributed by atoms with Crippen molar-refractivity contribution in [1.29, 1.82) is 0 Å². The molecule has 2 aromatic rings. The van der Waals surface area contributed by atoms with Crippen LogP contribution >= 0.6 is 27.5 Å². The Morgan fingerprint density at radius 2 is 2.16 bits per heavy atom. The van der Waals surface area contributed by atoms with E-state index < -0.39 is 10.0 Å². The van der Waals surface area contributed by atoms with Crippen LogP contribution in [-0.2, 0) is 10.0 Å². The minimum Gasteiger partial charge on any atom is -0.394 e. The number of aryl methyl sites for hydroxylation is 1. The normalized spacial score (nSPS) is 11.5. The molecule has 102 valence electrons. The largest absolute Gasteiger partial charge is 0.394 e. The number of nitrogens with two attached hydrogens (primary N) is 1. The zero-order valence-electron chi connectivity index (χ0n) is 9.74. The third-order valence-corrected chi connectivity index (χ3v) is 4.98. The Bertz CT molecular complexity index is 729. The number of hydrogen-bond donors (Lipinski definition) is 3. The molecule has 19 heavy (non-hydrogen) atoms. The molecule has 0 aliphatic carbocycles. The summed E-state index contributed by atoms with van der Waals surface area (Å²) in [5.74, 6) is 0.0728. The minimum atomic E-state index is -3.76. The summed E-state index contributed by atoms with van der Waals surface area (Å²) in [5.41, 5.74) is 6.54. The predicted molar refractivity (Wildman–Crippen MR) is 77.7 cm³/mol. The van der Waals surface area contributed by atoms with Gasteiger partial charge in [0.05, 0.1) is 21.3 Å². The molecule has 0 spiro atoms. The molecule has 1 aromatic heterocycles. The number of hydrogen-bond acceptors (Lipinski definition) is 4. The molecule has 6 nitrogen and oxygen atoms in total. The molecule has 0 amide bonds. The molecule has 0 atom stereocenters. The van der Waals surface area contributed by atoms with Gasteiger partial charge in [0.15, 0.2) is 5.82 Å². The minimum absolute atomic E-state index is 0.0591. The van der Waals surface area contributed by atoms with E-state index in [1.54, 1.807) is 6.92 Å². The Hall–Kier alpha value is -1.25. The lowest BCUT2D eigenvalue weighted by Crippen LogP contribution is -2.14. The predicted octanol–water partition coefficient (Wildman–Crippen LogP) is 2.52. The van der Waals surface area contributed by atoms with Gasteiger partial charge < -0.3 is 5.73 Å². The number of sulfonamides is 1. The monoisotopic (exact) mass is 364 g/mol. The van der Waals surface area contributed by atoms with E-state index in [0.717, 1.165) is 0 Å². The first-order valence-electron chi connectivity index (χ1n) is 5.09. The summed E-state index contributed by atoms with van der Waals surface area (Å²) in [6.45, 7) is 1.69.